The second kappa shape index (κ2) is 7.49. The average molecular weight is 252 g/mol. The standard InChI is InChI=1S/C16H32N2/c1-3-6-14-7-5-11-18(12-10-14)16(4-2)13-17-15-8-9-15/h14-17H,3-13H2,1-2H3. The Morgan fingerprint density at radius 1 is 1.11 bits per heavy atom. The number of likely N-dealkylation sites (tertiary alicyclic amines) is 1. The van der Waals surface area contributed by atoms with Gasteiger partial charge in [-0.25, -0.2) is 0 Å². The van der Waals surface area contributed by atoms with Crippen molar-refractivity contribution < 1.29 is 0 Å². The Morgan fingerprint density at radius 2 is 1.94 bits per heavy atom. The fourth-order valence-corrected chi connectivity index (χ4v) is 3.37. The molecule has 106 valence electrons. The molecule has 2 heteroatoms. The maximum absolute atomic E-state index is 3.72. The topological polar surface area (TPSA) is 15.3 Å². The second-order valence-corrected chi connectivity index (χ2v) is 6.37. The highest BCUT2D eigenvalue weighted by Gasteiger charge is 2.25. The monoisotopic (exact) mass is 252 g/mol. The van der Waals surface area contributed by atoms with Crippen molar-refractivity contribution in [3.63, 3.8) is 0 Å². The zero-order valence-electron chi connectivity index (χ0n) is 12.5. The molecule has 1 saturated carbocycles. The van der Waals surface area contributed by atoms with E-state index in [1.54, 1.807) is 0 Å². The normalized spacial score (nSPS) is 28.0. The summed E-state index contributed by atoms with van der Waals surface area (Å²) in [5.41, 5.74) is 0. The molecular formula is C16H32N2. The van der Waals surface area contributed by atoms with Gasteiger partial charge in [0.25, 0.3) is 0 Å². The van der Waals surface area contributed by atoms with Gasteiger partial charge in [-0.05, 0) is 57.5 Å². The molecule has 0 bridgehead atoms. The molecular weight excluding hydrogens is 220 g/mol. The van der Waals surface area contributed by atoms with Gasteiger partial charge in [0, 0.05) is 18.6 Å². The van der Waals surface area contributed by atoms with Crippen molar-refractivity contribution in [2.45, 2.75) is 77.3 Å². The molecule has 18 heavy (non-hydrogen) atoms. The first-order valence-corrected chi connectivity index (χ1v) is 8.30. The van der Waals surface area contributed by atoms with E-state index in [4.69, 9.17) is 0 Å². The van der Waals surface area contributed by atoms with E-state index in [9.17, 15) is 0 Å². The summed E-state index contributed by atoms with van der Waals surface area (Å²) in [6.07, 6.45) is 11.3. The Bertz CT molecular complexity index is 225. The van der Waals surface area contributed by atoms with Gasteiger partial charge >= 0.3 is 0 Å². The summed E-state index contributed by atoms with van der Waals surface area (Å²) < 4.78 is 0. The maximum Gasteiger partial charge on any atom is 0.0218 e. The minimum atomic E-state index is 0.783. The largest absolute Gasteiger partial charge is 0.312 e. The molecule has 2 aliphatic rings. The van der Waals surface area contributed by atoms with Crippen LogP contribution in [0, 0.1) is 5.92 Å². The van der Waals surface area contributed by atoms with Crippen LogP contribution in [-0.2, 0) is 0 Å². The van der Waals surface area contributed by atoms with Gasteiger partial charge in [0.2, 0.25) is 0 Å². The molecule has 2 rings (SSSR count). The van der Waals surface area contributed by atoms with Crippen LogP contribution in [-0.4, -0.2) is 36.6 Å². The van der Waals surface area contributed by atoms with Gasteiger partial charge < -0.3 is 5.32 Å². The van der Waals surface area contributed by atoms with Crippen LogP contribution < -0.4 is 5.32 Å². The lowest BCUT2D eigenvalue weighted by Crippen LogP contribution is -2.43. The molecule has 1 N–H and O–H groups in total. The lowest BCUT2D eigenvalue weighted by Gasteiger charge is -2.30. The lowest BCUT2D eigenvalue weighted by atomic mass is 9.96. The molecule has 1 heterocycles. The summed E-state index contributed by atoms with van der Waals surface area (Å²) in [6.45, 7) is 8.59. The molecule has 2 nitrogen and oxygen atoms in total. The molecule has 0 aromatic carbocycles. The minimum absolute atomic E-state index is 0.783. The van der Waals surface area contributed by atoms with Crippen molar-refractivity contribution in [1.29, 1.82) is 0 Å². The van der Waals surface area contributed by atoms with E-state index in [0.29, 0.717) is 0 Å². The van der Waals surface area contributed by atoms with Crippen LogP contribution in [0.3, 0.4) is 0 Å². The number of hydrogen-bond donors (Lipinski definition) is 1. The Labute approximate surface area is 114 Å². The molecule has 0 aromatic rings. The molecule has 0 radical (unpaired) electrons. The van der Waals surface area contributed by atoms with Gasteiger partial charge in [-0.15, -0.1) is 0 Å². The highest BCUT2D eigenvalue weighted by Crippen LogP contribution is 2.24. The van der Waals surface area contributed by atoms with Crippen LogP contribution in [0.4, 0.5) is 0 Å². The van der Waals surface area contributed by atoms with E-state index in [-0.39, 0.29) is 0 Å². The molecule has 0 aromatic heterocycles. The minimum Gasteiger partial charge on any atom is -0.312 e. The Kier molecular flexibility index (Phi) is 5.97. The summed E-state index contributed by atoms with van der Waals surface area (Å²) in [5.74, 6) is 1.01. The van der Waals surface area contributed by atoms with Crippen LogP contribution in [0.2, 0.25) is 0 Å². The molecule has 1 aliphatic carbocycles. The summed E-state index contributed by atoms with van der Waals surface area (Å²) in [5, 5.41) is 3.72. The van der Waals surface area contributed by atoms with E-state index in [2.05, 4.69) is 24.1 Å². The highest BCUT2D eigenvalue weighted by atomic mass is 15.2. The predicted octanol–water partition coefficient (Wildman–Crippen LogP) is 3.42. The zero-order chi connectivity index (χ0) is 12.8. The van der Waals surface area contributed by atoms with Gasteiger partial charge in [-0.1, -0.05) is 26.7 Å². The van der Waals surface area contributed by atoms with Gasteiger partial charge in [0.15, 0.2) is 0 Å². The van der Waals surface area contributed by atoms with Crippen LogP contribution >= 0.6 is 0 Å². The van der Waals surface area contributed by atoms with E-state index in [0.717, 1.165) is 18.0 Å². The smallest absolute Gasteiger partial charge is 0.0218 e. The van der Waals surface area contributed by atoms with Crippen molar-refractivity contribution in [2.75, 3.05) is 19.6 Å². The fourth-order valence-electron chi connectivity index (χ4n) is 3.37. The van der Waals surface area contributed by atoms with E-state index in [1.165, 1.54) is 71.0 Å². The van der Waals surface area contributed by atoms with E-state index < -0.39 is 0 Å². The summed E-state index contributed by atoms with van der Waals surface area (Å²) in [7, 11) is 0. The maximum atomic E-state index is 3.72. The summed E-state index contributed by atoms with van der Waals surface area (Å²) in [6, 6.07) is 1.64. The molecule has 2 unspecified atom stereocenters. The second-order valence-electron chi connectivity index (χ2n) is 6.37. The molecule has 1 saturated heterocycles. The van der Waals surface area contributed by atoms with Crippen LogP contribution in [0.25, 0.3) is 0 Å². The quantitative estimate of drug-likeness (QED) is 0.747. The highest BCUT2D eigenvalue weighted by molar-refractivity contribution is 4.84. The van der Waals surface area contributed by atoms with Gasteiger partial charge in [0.05, 0.1) is 0 Å². The van der Waals surface area contributed by atoms with Gasteiger partial charge in [0.1, 0.15) is 0 Å². The van der Waals surface area contributed by atoms with Crippen molar-refractivity contribution in [2.24, 2.45) is 5.92 Å². The zero-order valence-corrected chi connectivity index (χ0v) is 12.5. The van der Waals surface area contributed by atoms with Crippen LogP contribution in [0.5, 0.6) is 0 Å². The molecule has 2 fully saturated rings. The number of nitrogens with zero attached hydrogens (tertiary/aromatic N) is 1. The summed E-state index contributed by atoms with van der Waals surface area (Å²) in [4.78, 5) is 2.77. The third-order valence-corrected chi connectivity index (χ3v) is 4.79. The number of rotatable bonds is 7. The Hall–Kier alpha value is -0.0800. The fraction of sp³-hybridized carbons (Fsp3) is 1.00. The third-order valence-electron chi connectivity index (χ3n) is 4.79. The van der Waals surface area contributed by atoms with Gasteiger partial charge in [-0.3, -0.25) is 4.90 Å². The van der Waals surface area contributed by atoms with Crippen LogP contribution in [0.1, 0.15) is 65.2 Å². The van der Waals surface area contributed by atoms with E-state index >= 15 is 0 Å². The molecule has 2 atom stereocenters. The molecule has 0 amide bonds. The van der Waals surface area contributed by atoms with Gasteiger partial charge in [-0.2, -0.15) is 0 Å². The Balaban J connectivity index is 1.74. The number of hydrogen-bond acceptors (Lipinski definition) is 2. The SMILES string of the molecule is CCCC1CCCN(C(CC)CNC2CC2)CC1. The van der Waals surface area contributed by atoms with Crippen molar-refractivity contribution >= 4 is 0 Å². The first-order valence-electron chi connectivity index (χ1n) is 8.30. The van der Waals surface area contributed by atoms with Crippen molar-refractivity contribution in [3.8, 4) is 0 Å². The van der Waals surface area contributed by atoms with Crippen molar-refractivity contribution in [3.05, 3.63) is 0 Å². The van der Waals surface area contributed by atoms with E-state index in [1.807, 2.05) is 0 Å². The Morgan fingerprint density at radius 3 is 2.61 bits per heavy atom. The summed E-state index contributed by atoms with van der Waals surface area (Å²) >= 11 is 0. The number of nitrogens with one attached hydrogen (secondary N) is 1. The molecule has 1 aliphatic heterocycles. The van der Waals surface area contributed by atoms with Crippen molar-refractivity contribution in [1.82, 2.24) is 10.2 Å². The van der Waals surface area contributed by atoms with Crippen LogP contribution in [0.15, 0.2) is 0 Å². The third kappa shape index (κ3) is 4.55. The average Bonchev–Trinajstić information content (AvgIpc) is 3.19. The first kappa shape index (κ1) is 14.3. The predicted molar refractivity (Wildman–Crippen MR) is 78.9 cm³/mol. The molecule has 0 spiro atoms. The lowest BCUT2D eigenvalue weighted by molar-refractivity contribution is 0.190. The first-order chi connectivity index (χ1) is 8.83.